The SMILES string of the molecule is COc1ncc(B2OC(C)(C)C(C)(C)O2)cc1COc1ccc(S(N)(=O)=O)cc1. The first-order chi connectivity index (χ1) is 13.4. The van der Waals surface area contributed by atoms with Crippen molar-refractivity contribution in [3.05, 3.63) is 42.1 Å². The lowest BCUT2D eigenvalue weighted by atomic mass is 9.80. The average molecular weight is 420 g/mol. The van der Waals surface area contributed by atoms with Crippen LogP contribution >= 0.6 is 0 Å². The third-order valence-corrected chi connectivity index (χ3v) is 6.14. The smallest absolute Gasteiger partial charge is 0.489 e. The minimum absolute atomic E-state index is 0.0202. The van der Waals surface area contributed by atoms with E-state index in [2.05, 4.69) is 4.98 Å². The highest BCUT2D eigenvalue weighted by Gasteiger charge is 2.51. The molecule has 1 aromatic heterocycles. The molecule has 10 heteroatoms. The molecule has 1 saturated heterocycles. The van der Waals surface area contributed by atoms with E-state index in [0.29, 0.717) is 17.2 Å². The normalized spacial score (nSPS) is 17.9. The first-order valence-electron chi connectivity index (χ1n) is 9.07. The van der Waals surface area contributed by atoms with E-state index in [4.69, 9.17) is 23.9 Å². The van der Waals surface area contributed by atoms with Crippen LogP contribution in [0.15, 0.2) is 41.4 Å². The van der Waals surface area contributed by atoms with E-state index in [1.807, 2.05) is 33.8 Å². The van der Waals surface area contributed by atoms with Crippen LogP contribution in [0.4, 0.5) is 0 Å². The Labute approximate surface area is 171 Å². The molecule has 2 N–H and O–H groups in total. The summed E-state index contributed by atoms with van der Waals surface area (Å²) in [7, 11) is -2.77. The van der Waals surface area contributed by atoms with Gasteiger partial charge in [-0.05, 0) is 58.0 Å². The predicted octanol–water partition coefficient (Wildman–Crippen LogP) is 1.62. The van der Waals surface area contributed by atoms with Gasteiger partial charge in [-0.3, -0.25) is 0 Å². The van der Waals surface area contributed by atoms with Gasteiger partial charge in [0.1, 0.15) is 12.4 Å². The van der Waals surface area contributed by atoms with Crippen molar-refractivity contribution in [3.63, 3.8) is 0 Å². The van der Waals surface area contributed by atoms with Crippen molar-refractivity contribution in [2.75, 3.05) is 7.11 Å². The Morgan fingerprint density at radius 1 is 1.10 bits per heavy atom. The molecule has 29 heavy (non-hydrogen) atoms. The van der Waals surface area contributed by atoms with Crippen molar-refractivity contribution in [3.8, 4) is 11.6 Å². The number of sulfonamides is 1. The molecule has 0 unspecified atom stereocenters. The molecule has 1 aliphatic heterocycles. The number of aromatic nitrogens is 1. The zero-order valence-electron chi connectivity index (χ0n) is 17.1. The molecule has 2 aromatic rings. The zero-order valence-corrected chi connectivity index (χ0v) is 17.9. The number of nitrogens with two attached hydrogens (primary N) is 1. The first-order valence-corrected chi connectivity index (χ1v) is 10.6. The number of pyridine rings is 1. The van der Waals surface area contributed by atoms with Gasteiger partial charge in [-0.1, -0.05) is 0 Å². The summed E-state index contributed by atoms with van der Waals surface area (Å²) in [6, 6.07) is 7.73. The fourth-order valence-corrected chi connectivity index (χ4v) is 3.31. The molecule has 0 amide bonds. The maximum Gasteiger partial charge on any atom is 0.496 e. The fourth-order valence-electron chi connectivity index (χ4n) is 2.80. The Kier molecular flexibility index (Phi) is 5.65. The van der Waals surface area contributed by atoms with Gasteiger partial charge >= 0.3 is 7.12 Å². The van der Waals surface area contributed by atoms with Gasteiger partial charge in [0.25, 0.3) is 0 Å². The highest BCUT2D eigenvalue weighted by molar-refractivity contribution is 7.89. The number of ether oxygens (including phenoxy) is 2. The molecule has 0 aliphatic carbocycles. The van der Waals surface area contributed by atoms with Crippen LogP contribution in [0.25, 0.3) is 0 Å². The highest BCUT2D eigenvalue weighted by Crippen LogP contribution is 2.36. The van der Waals surface area contributed by atoms with E-state index >= 15 is 0 Å². The van der Waals surface area contributed by atoms with Crippen LogP contribution in [0, 0.1) is 0 Å². The average Bonchev–Trinajstić information content (AvgIpc) is 2.87. The van der Waals surface area contributed by atoms with Crippen LogP contribution in [-0.2, 0) is 25.9 Å². The zero-order chi connectivity index (χ0) is 21.4. The number of hydrogen-bond acceptors (Lipinski definition) is 7. The minimum Gasteiger partial charge on any atom is -0.489 e. The number of hydrogen-bond donors (Lipinski definition) is 1. The summed E-state index contributed by atoms with van der Waals surface area (Å²) < 4.78 is 45.9. The first kappa shape index (κ1) is 21.6. The molecular weight excluding hydrogens is 395 g/mol. The summed E-state index contributed by atoms with van der Waals surface area (Å²) in [4.78, 5) is 4.36. The lowest BCUT2D eigenvalue weighted by molar-refractivity contribution is 0.00578. The van der Waals surface area contributed by atoms with Crippen molar-refractivity contribution in [1.29, 1.82) is 0 Å². The van der Waals surface area contributed by atoms with E-state index in [-0.39, 0.29) is 11.5 Å². The Morgan fingerprint density at radius 3 is 2.21 bits per heavy atom. The lowest BCUT2D eigenvalue weighted by Gasteiger charge is -2.32. The van der Waals surface area contributed by atoms with E-state index in [9.17, 15) is 8.42 Å². The fraction of sp³-hybridized carbons (Fsp3) is 0.421. The second-order valence-corrected chi connectivity index (χ2v) is 9.39. The van der Waals surface area contributed by atoms with Crippen LogP contribution in [0.2, 0.25) is 0 Å². The van der Waals surface area contributed by atoms with E-state index < -0.39 is 28.3 Å². The van der Waals surface area contributed by atoms with Gasteiger partial charge < -0.3 is 18.8 Å². The Bertz CT molecular complexity index is 976. The molecule has 0 atom stereocenters. The van der Waals surface area contributed by atoms with E-state index in [1.165, 1.54) is 31.4 Å². The van der Waals surface area contributed by atoms with Crippen molar-refractivity contribution in [2.45, 2.75) is 50.4 Å². The molecule has 0 saturated carbocycles. The summed E-state index contributed by atoms with van der Waals surface area (Å²) in [5.41, 5.74) is 0.543. The van der Waals surface area contributed by atoms with Gasteiger partial charge in [-0.25, -0.2) is 18.5 Å². The van der Waals surface area contributed by atoms with Gasteiger partial charge in [-0.2, -0.15) is 0 Å². The molecule has 2 heterocycles. The molecule has 3 rings (SSSR count). The van der Waals surface area contributed by atoms with Crippen LogP contribution in [0.1, 0.15) is 33.3 Å². The van der Waals surface area contributed by atoms with Crippen LogP contribution in [0.3, 0.4) is 0 Å². The maximum atomic E-state index is 11.4. The van der Waals surface area contributed by atoms with Gasteiger partial charge in [0.2, 0.25) is 15.9 Å². The summed E-state index contributed by atoms with van der Waals surface area (Å²) in [6.07, 6.45) is 1.66. The van der Waals surface area contributed by atoms with Crippen LogP contribution in [0.5, 0.6) is 11.6 Å². The predicted molar refractivity (Wildman–Crippen MR) is 109 cm³/mol. The van der Waals surface area contributed by atoms with Crippen molar-refractivity contribution in [1.82, 2.24) is 4.98 Å². The summed E-state index contributed by atoms with van der Waals surface area (Å²) >= 11 is 0. The molecule has 0 radical (unpaired) electrons. The molecule has 1 aromatic carbocycles. The number of rotatable bonds is 6. The van der Waals surface area contributed by atoms with Crippen molar-refractivity contribution < 1.29 is 27.2 Å². The quantitative estimate of drug-likeness (QED) is 0.707. The summed E-state index contributed by atoms with van der Waals surface area (Å²) in [5.74, 6) is 0.909. The van der Waals surface area contributed by atoms with Gasteiger partial charge in [0.05, 0.1) is 28.8 Å². The molecule has 8 nitrogen and oxygen atoms in total. The van der Waals surface area contributed by atoms with Crippen LogP contribution < -0.4 is 20.1 Å². The second-order valence-electron chi connectivity index (χ2n) is 7.83. The Hall–Kier alpha value is -2.14. The maximum absolute atomic E-state index is 11.4. The van der Waals surface area contributed by atoms with Gasteiger partial charge in [0.15, 0.2) is 0 Å². The minimum atomic E-state index is -3.74. The topological polar surface area (TPSA) is 110 Å². The number of nitrogens with zero attached hydrogens (tertiary/aromatic N) is 1. The molecular formula is C19H25BN2O6S. The summed E-state index contributed by atoms with van der Waals surface area (Å²) in [6.45, 7) is 8.11. The highest BCUT2D eigenvalue weighted by atomic mass is 32.2. The van der Waals surface area contributed by atoms with E-state index in [1.54, 1.807) is 6.20 Å². The van der Waals surface area contributed by atoms with Crippen molar-refractivity contribution in [2.24, 2.45) is 5.14 Å². The Balaban J connectivity index is 1.78. The number of methoxy groups -OCH3 is 1. The summed E-state index contributed by atoms with van der Waals surface area (Å²) in [5, 5.41) is 5.11. The third kappa shape index (κ3) is 4.56. The van der Waals surface area contributed by atoms with Crippen molar-refractivity contribution >= 4 is 22.6 Å². The molecule has 1 fully saturated rings. The number of primary sulfonamides is 1. The van der Waals surface area contributed by atoms with E-state index in [0.717, 1.165) is 5.46 Å². The third-order valence-electron chi connectivity index (χ3n) is 5.21. The standard InChI is InChI=1S/C19H25BN2O6S/c1-18(2)19(3,4)28-20(27-18)14-10-13(17(25-5)22-11-14)12-26-15-6-8-16(9-7-15)29(21,23)24/h6-11H,12H2,1-5H3,(H2,21,23,24). The van der Waals surface area contributed by atoms with Gasteiger partial charge in [-0.15, -0.1) is 0 Å². The Morgan fingerprint density at radius 2 is 1.69 bits per heavy atom. The lowest BCUT2D eigenvalue weighted by Crippen LogP contribution is -2.41. The van der Waals surface area contributed by atoms with Gasteiger partial charge in [0, 0.05) is 11.7 Å². The second kappa shape index (κ2) is 7.60. The molecule has 0 spiro atoms. The molecule has 1 aliphatic rings. The van der Waals surface area contributed by atoms with Crippen LogP contribution in [-0.4, -0.2) is 38.8 Å². The monoisotopic (exact) mass is 420 g/mol. The number of benzene rings is 1. The molecule has 156 valence electrons. The largest absolute Gasteiger partial charge is 0.496 e. The molecule has 0 bridgehead atoms.